The van der Waals surface area contributed by atoms with Crippen molar-refractivity contribution >= 4 is 11.7 Å². The maximum absolute atomic E-state index is 12.6. The van der Waals surface area contributed by atoms with E-state index in [1.54, 1.807) is 0 Å². The summed E-state index contributed by atoms with van der Waals surface area (Å²) in [5.41, 5.74) is 0.521. The van der Waals surface area contributed by atoms with E-state index in [0.717, 1.165) is 51.0 Å². The fourth-order valence-electron chi connectivity index (χ4n) is 3.05. The highest BCUT2D eigenvalue weighted by Crippen LogP contribution is 2.21. The second-order valence-electron chi connectivity index (χ2n) is 6.53. The van der Waals surface area contributed by atoms with Crippen LogP contribution < -0.4 is 4.90 Å². The Labute approximate surface area is 132 Å². The van der Waals surface area contributed by atoms with Gasteiger partial charge in [-0.3, -0.25) is 4.79 Å². The van der Waals surface area contributed by atoms with Gasteiger partial charge in [0.25, 0.3) is 5.91 Å². The number of piperazine rings is 1. The van der Waals surface area contributed by atoms with E-state index in [4.69, 9.17) is 0 Å². The van der Waals surface area contributed by atoms with Gasteiger partial charge >= 0.3 is 0 Å². The van der Waals surface area contributed by atoms with Crippen LogP contribution in [0.3, 0.4) is 0 Å². The predicted octanol–water partition coefficient (Wildman–Crippen LogP) is 1.10. The Morgan fingerprint density at radius 3 is 2.45 bits per heavy atom. The number of carbonyl (C=O) groups is 1. The average Bonchev–Trinajstić information content (AvgIpc) is 2.56. The number of likely N-dealkylation sites (N-methyl/N-ethyl adjacent to an activating group) is 1. The maximum atomic E-state index is 12.6. The molecule has 1 amide bonds. The van der Waals surface area contributed by atoms with Crippen molar-refractivity contribution in [3.63, 3.8) is 0 Å². The van der Waals surface area contributed by atoms with E-state index < -0.39 is 0 Å². The molecule has 2 fully saturated rings. The minimum Gasteiger partial charge on any atom is -0.356 e. The first-order chi connectivity index (χ1) is 10.6. The summed E-state index contributed by atoms with van der Waals surface area (Å²) in [6.07, 6.45) is 3.90. The quantitative estimate of drug-likeness (QED) is 0.819. The zero-order chi connectivity index (χ0) is 15.5. The van der Waals surface area contributed by atoms with Gasteiger partial charge in [-0.2, -0.15) is 0 Å². The number of hydrogen-bond donors (Lipinski definition) is 0. The molecule has 1 aromatic heterocycles. The highest BCUT2D eigenvalue weighted by atomic mass is 16.2. The minimum absolute atomic E-state index is 0.0297. The second kappa shape index (κ2) is 6.60. The van der Waals surface area contributed by atoms with Crippen molar-refractivity contribution in [3.8, 4) is 0 Å². The molecule has 0 spiro atoms. The Hall–Kier alpha value is -1.69. The molecule has 0 unspecified atom stereocenters. The van der Waals surface area contributed by atoms with Crippen LogP contribution >= 0.6 is 0 Å². The Bertz CT molecular complexity index is 519. The lowest BCUT2D eigenvalue weighted by molar-refractivity contribution is 0.0658. The van der Waals surface area contributed by atoms with Crippen LogP contribution in [0.15, 0.2) is 12.4 Å². The normalized spacial score (nSPS) is 21.2. The monoisotopic (exact) mass is 303 g/mol. The van der Waals surface area contributed by atoms with Crippen LogP contribution in [0.25, 0.3) is 0 Å². The van der Waals surface area contributed by atoms with Gasteiger partial charge in [-0.15, -0.1) is 0 Å². The molecule has 0 atom stereocenters. The van der Waals surface area contributed by atoms with Gasteiger partial charge in [0.2, 0.25) is 0 Å². The van der Waals surface area contributed by atoms with Crippen molar-refractivity contribution in [2.45, 2.75) is 19.8 Å². The van der Waals surface area contributed by atoms with Gasteiger partial charge in [-0.05, 0) is 25.8 Å². The summed E-state index contributed by atoms with van der Waals surface area (Å²) in [4.78, 5) is 27.6. The molecule has 0 aromatic carbocycles. The first-order valence-electron chi connectivity index (χ1n) is 8.18. The number of anilines is 1. The van der Waals surface area contributed by atoms with Crippen molar-refractivity contribution in [1.29, 1.82) is 0 Å². The standard InChI is InChI=1S/C16H25N5O/c1-13-3-5-20(6-4-13)15-11-14(17-12-18-15)16(22)21-9-7-19(2)8-10-21/h11-13H,3-10H2,1-2H3. The highest BCUT2D eigenvalue weighted by Gasteiger charge is 2.23. The smallest absolute Gasteiger partial charge is 0.272 e. The first-order valence-corrected chi connectivity index (χ1v) is 8.18. The second-order valence-corrected chi connectivity index (χ2v) is 6.53. The zero-order valence-corrected chi connectivity index (χ0v) is 13.5. The molecule has 3 heterocycles. The van der Waals surface area contributed by atoms with Crippen molar-refractivity contribution in [2.75, 3.05) is 51.2 Å². The molecule has 6 nitrogen and oxygen atoms in total. The molecule has 120 valence electrons. The summed E-state index contributed by atoms with van der Waals surface area (Å²) in [5, 5.41) is 0. The summed E-state index contributed by atoms with van der Waals surface area (Å²) in [6.45, 7) is 7.72. The number of aromatic nitrogens is 2. The van der Waals surface area contributed by atoms with E-state index in [1.165, 1.54) is 19.2 Å². The summed E-state index contributed by atoms with van der Waals surface area (Å²) in [5.74, 6) is 1.70. The molecule has 22 heavy (non-hydrogen) atoms. The number of rotatable bonds is 2. The third kappa shape index (κ3) is 3.38. The fourth-order valence-corrected chi connectivity index (χ4v) is 3.05. The SMILES string of the molecule is CC1CCN(c2cc(C(=O)N3CCN(C)CC3)ncn2)CC1. The van der Waals surface area contributed by atoms with Crippen LogP contribution in [0.5, 0.6) is 0 Å². The largest absolute Gasteiger partial charge is 0.356 e. The topological polar surface area (TPSA) is 52.6 Å². The number of piperidine rings is 1. The third-order valence-electron chi connectivity index (χ3n) is 4.77. The average molecular weight is 303 g/mol. The van der Waals surface area contributed by atoms with E-state index in [2.05, 4.69) is 33.7 Å². The number of amides is 1. The lowest BCUT2D eigenvalue weighted by Crippen LogP contribution is -2.47. The molecular weight excluding hydrogens is 278 g/mol. The summed E-state index contributed by atoms with van der Waals surface area (Å²) in [7, 11) is 2.09. The highest BCUT2D eigenvalue weighted by molar-refractivity contribution is 5.93. The van der Waals surface area contributed by atoms with Gasteiger partial charge in [0.1, 0.15) is 17.8 Å². The molecule has 0 radical (unpaired) electrons. The summed E-state index contributed by atoms with van der Waals surface area (Å²) < 4.78 is 0. The van der Waals surface area contributed by atoms with E-state index in [0.29, 0.717) is 5.69 Å². The molecule has 2 aliphatic heterocycles. The van der Waals surface area contributed by atoms with Gasteiger partial charge in [-0.1, -0.05) is 6.92 Å². The summed E-state index contributed by atoms with van der Waals surface area (Å²) >= 11 is 0. The molecule has 2 saturated heterocycles. The first kappa shape index (κ1) is 15.2. The molecular formula is C16H25N5O. The van der Waals surface area contributed by atoms with E-state index in [1.807, 2.05) is 11.0 Å². The number of nitrogens with zero attached hydrogens (tertiary/aromatic N) is 5. The molecule has 0 saturated carbocycles. The van der Waals surface area contributed by atoms with Crippen LogP contribution in [0, 0.1) is 5.92 Å². The Kier molecular flexibility index (Phi) is 4.57. The van der Waals surface area contributed by atoms with E-state index in [-0.39, 0.29) is 5.91 Å². The molecule has 0 aliphatic carbocycles. The maximum Gasteiger partial charge on any atom is 0.272 e. The zero-order valence-electron chi connectivity index (χ0n) is 13.5. The van der Waals surface area contributed by atoms with Crippen LogP contribution in [-0.4, -0.2) is 72.0 Å². The summed E-state index contributed by atoms with van der Waals surface area (Å²) in [6, 6.07) is 1.86. The fraction of sp³-hybridized carbons (Fsp3) is 0.688. The van der Waals surface area contributed by atoms with Gasteiger partial charge in [0, 0.05) is 45.3 Å². The molecule has 2 aliphatic rings. The molecule has 6 heteroatoms. The minimum atomic E-state index is 0.0297. The van der Waals surface area contributed by atoms with Crippen molar-refractivity contribution in [1.82, 2.24) is 19.8 Å². The van der Waals surface area contributed by atoms with Gasteiger partial charge in [0.15, 0.2) is 0 Å². The van der Waals surface area contributed by atoms with Crippen LogP contribution in [0.2, 0.25) is 0 Å². The van der Waals surface area contributed by atoms with Crippen molar-refractivity contribution in [3.05, 3.63) is 18.1 Å². The predicted molar refractivity (Wildman–Crippen MR) is 86.0 cm³/mol. The van der Waals surface area contributed by atoms with Crippen molar-refractivity contribution < 1.29 is 4.79 Å². The van der Waals surface area contributed by atoms with Crippen LogP contribution in [0.1, 0.15) is 30.3 Å². The van der Waals surface area contributed by atoms with Gasteiger partial charge < -0.3 is 14.7 Å². The van der Waals surface area contributed by atoms with E-state index in [9.17, 15) is 4.79 Å². The van der Waals surface area contributed by atoms with Crippen LogP contribution in [0.4, 0.5) is 5.82 Å². The lowest BCUT2D eigenvalue weighted by atomic mass is 9.99. The number of hydrogen-bond acceptors (Lipinski definition) is 5. The van der Waals surface area contributed by atoms with Gasteiger partial charge in [-0.25, -0.2) is 9.97 Å². The Morgan fingerprint density at radius 1 is 1.09 bits per heavy atom. The van der Waals surface area contributed by atoms with Crippen LogP contribution in [-0.2, 0) is 0 Å². The number of carbonyl (C=O) groups excluding carboxylic acids is 1. The third-order valence-corrected chi connectivity index (χ3v) is 4.77. The Morgan fingerprint density at radius 2 is 1.77 bits per heavy atom. The van der Waals surface area contributed by atoms with Crippen molar-refractivity contribution in [2.24, 2.45) is 5.92 Å². The molecule has 1 aromatic rings. The molecule has 0 N–H and O–H groups in total. The molecule has 0 bridgehead atoms. The van der Waals surface area contributed by atoms with E-state index >= 15 is 0 Å². The Balaban J connectivity index is 1.69. The molecule has 3 rings (SSSR count). The van der Waals surface area contributed by atoms with Gasteiger partial charge in [0.05, 0.1) is 0 Å². The lowest BCUT2D eigenvalue weighted by Gasteiger charge is -2.33.